The third-order valence-electron chi connectivity index (χ3n) is 4.91. The molecule has 1 unspecified atom stereocenters. The molecular formula is C21H24N2O2. The maximum atomic E-state index is 12.8. The second-order valence-corrected chi connectivity index (χ2v) is 6.65. The van der Waals surface area contributed by atoms with Gasteiger partial charge in [0.1, 0.15) is 5.41 Å². The minimum absolute atomic E-state index is 0.123. The van der Waals surface area contributed by atoms with Gasteiger partial charge in [0.25, 0.3) is 0 Å². The van der Waals surface area contributed by atoms with Crippen molar-refractivity contribution in [2.45, 2.75) is 39.2 Å². The molecule has 2 aromatic carbocycles. The molecular weight excluding hydrogens is 312 g/mol. The summed E-state index contributed by atoms with van der Waals surface area (Å²) in [6, 6.07) is 17.4. The number of carbonyl (C=O) groups excluding carboxylic acids is 2. The van der Waals surface area contributed by atoms with Crippen molar-refractivity contribution in [2.24, 2.45) is 5.41 Å². The summed E-state index contributed by atoms with van der Waals surface area (Å²) in [5, 5.41) is 5.95. The number of hydrogen-bond donors (Lipinski definition) is 2. The molecule has 2 amide bonds. The molecule has 1 aliphatic carbocycles. The highest BCUT2D eigenvalue weighted by Crippen LogP contribution is 2.47. The molecule has 0 saturated heterocycles. The van der Waals surface area contributed by atoms with Crippen molar-refractivity contribution in [3.8, 4) is 0 Å². The second-order valence-electron chi connectivity index (χ2n) is 6.65. The van der Waals surface area contributed by atoms with Gasteiger partial charge in [-0.25, -0.2) is 0 Å². The maximum absolute atomic E-state index is 12.8. The van der Waals surface area contributed by atoms with Gasteiger partial charge in [-0.05, 0) is 43.4 Å². The number of aryl methyl sites for hydroxylation is 1. The van der Waals surface area contributed by atoms with Crippen LogP contribution in [0.25, 0.3) is 0 Å². The van der Waals surface area contributed by atoms with Crippen molar-refractivity contribution in [1.82, 2.24) is 5.32 Å². The summed E-state index contributed by atoms with van der Waals surface area (Å²) in [5.41, 5.74) is 1.97. The number of anilines is 1. The molecule has 0 heterocycles. The van der Waals surface area contributed by atoms with Crippen LogP contribution in [0.4, 0.5) is 5.69 Å². The Kier molecular flexibility index (Phi) is 4.88. The van der Waals surface area contributed by atoms with E-state index in [9.17, 15) is 9.59 Å². The third kappa shape index (κ3) is 3.58. The predicted molar refractivity (Wildman–Crippen MR) is 99.1 cm³/mol. The first-order valence-electron chi connectivity index (χ1n) is 8.82. The number of benzene rings is 2. The van der Waals surface area contributed by atoms with Gasteiger partial charge < -0.3 is 10.6 Å². The zero-order chi connectivity index (χ0) is 17.9. The molecule has 0 aromatic heterocycles. The van der Waals surface area contributed by atoms with Crippen molar-refractivity contribution < 1.29 is 9.59 Å². The highest BCUT2D eigenvalue weighted by Gasteiger charge is 2.56. The van der Waals surface area contributed by atoms with Gasteiger partial charge >= 0.3 is 0 Å². The summed E-state index contributed by atoms with van der Waals surface area (Å²) in [5.74, 6) is -0.388. The van der Waals surface area contributed by atoms with Crippen LogP contribution < -0.4 is 10.6 Å². The molecule has 0 bridgehead atoms. The minimum Gasteiger partial charge on any atom is -0.349 e. The molecule has 1 saturated carbocycles. The Labute approximate surface area is 148 Å². The van der Waals surface area contributed by atoms with E-state index in [0.29, 0.717) is 12.8 Å². The average molecular weight is 336 g/mol. The van der Waals surface area contributed by atoms with Crippen LogP contribution in [-0.2, 0) is 16.0 Å². The highest BCUT2D eigenvalue weighted by atomic mass is 16.2. The Morgan fingerprint density at radius 3 is 2.28 bits per heavy atom. The summed E-state index contributed by atoms with van der Waals surface area (Å²) < 4.78 is 0. The fourth-order valence-electron chi connectivity index (χ4n) is 3.03. The van der Waals surface area contributed by atoms with E-state index in [1.807, 2.05) is 68.4 Å². The molecule has 130 valence electrons. The highest BCUT2D eigenvalue weighted by molar-refractivity contribution is 6.13. The van der Waals surface area contributed by atoms with Crippen LogP contribution in [0.3, 0.4) is 0 Å². The quantitative estimate of drug-likeness (QED) is 0.787. The lowest BCUT2D eigenvalue weighted by Crippen LogP contribution is -2.41. The van der Waals surface area contributed by atoms with Gasteiger partial charge in [-0.15, -0.1) is 0 Å². The number of amides is 2. The van der Waals surface area contributed by atoms with E-state index < -0.39 is 5.41 Å². The summed E-state index contributed by atoms with van der Waals surface area (Å²) in [7, 11) is 0. The van der Waals surface area contributed by atoms with Gasteiger partial charge in [-0.1, -0.05) is 55.5 Å². The molecule has 25 heavy (non-hydrogen) atoms. The van der Waals surface area contributed by atoms with E-state index in [2.05, 4.69) is 10.6 Å². The van der Waals surface area contributed by atoms with Crippen LogP contribution in [0.5, 0.6) is 0 Å². The molecule has 2 aromatic rings. The fraction of sp³-hybridized carbons (Fsp3) is 0.333. The number of para-hydroxylation sites is 1. The van der Waals surface area contributed by atoms with Gasteiger partial charge in [0.15, 0.2) is 0 Å². The summed E-state index contributed by atoms with van der Waals surface area (Å²) in [4.78, 5) is 25.5. The Morgan fingerprint density at radius 2 is 1.64 bits per heavy atom. The summed E-state index contributed by atoms with van der Waals surface area (Å²) in [6.45, 7) is 3.99. The van der Waals surface area contributed by atoms with Gasteiger partial charge in [0, 0.05) is 5.69 Å². The SMILES string of the molecule is CCc1ccccc1NC(=O)C1(C(=O)NC(C)c2ccccc2)CC1. The molecule has 4 nitrogen and oxygen atoms in total. The van der Waals surface area contributed by atoms with E-state index in [0.717, 1.165) is 23.2 Å². The molecule has 0 spiro atoms. The molecule has 2 N–H and O–H groups in total. The first-order valence-corrected chi connectivity index (χ1v) is 8.82. The average Bonchev–Trinajstić information content (AvgIpc) is 3.45. The predicted octanol–water partition coefficient (Wildman–Crippen LogP) is 3.85. The van der Waals surface area contributed by atoms with Crippen molar-refractivity contribution in [1.29, 1.82) is 0 Å². The van der Waals surface area contributed by atoms with Crippen LogP contribution in [0.2, 0.25) is 0 Å². The van der Waals surface area contributed by atoms with Crippen LogP contribution in [0, 0.1) is 5.41 Å². The normalized spacial score (nSPS) is 15.9. The fourth-order valence-corrected chi connectivity index (χ4v) is 3.03. The van der Waals surface area contributed by atoms with E-state index in [1.54, 1.807) is 0 Å². The standard InChI is InChI=1S/C21H24N2O2/c1-3-16-9-7-8-12-18(16)23-20(25)21(13-14-21)19(24)22-15(2)17-10-5-4-6-11-17/h4-12,15H,3,13-14H2,1-2H3,(H,22,24)(H,23,25). The molecule has 3 rings (SSSR count). The molecule has 0 radical (unpaired) electrons. The molecule has 1 fully saturated rings. The van der Waals surface area contributed by atoms with Crippen LogP contribution >= 0.6 is 0 Å². The molecule has 1 atom stereocenters. The van der Waals surface area contributed by atoms with Crippen molar-refractivity contribution in [2.75, 3.05) is 5.32 Å². The zero-order valence-corrected chi connectivity index (χ0v) is 14.7. The van der Waals surface area contributed by atoms with Crippen LogP contribution in [-0.4, -0.2) is 11.8 Å². The number of rotatable bonds is 6. The lowest BCUT2D eigenvalue weighted by molar-refractivity contribution is -0.134. The first-order chi connectivity index (χ1) is 12.1. The maximum Gasteiger partial charge on any atom is 0.240 e. The van der Waals surface area contributed by atoms with Crippen molar-refractivity contribution in [3.05, 3.63) is 65.7 Å². The topological polar surface area (TPSA) is 58.2 Å². The van der Waals surface area contributed by atoms with Gasteiger partial charge in [0.05, 0.1) is 6.04 Å². The Morgan fingerprint density at radius 1 is 1.00 bits per heavy atom. The monoisotopic (exact) mass is 336 g/mol. The van der Waals surface area contributed by atoms with E-state index in [4.69, 9.17) is 0 Å². The smallest absolute Gasteiger partial charge is 0.240 e. The van der Waals surface area contributed by atoms with Crippen LogP contribution in [0.15, 0.2) is 54.6 Å². The molecule has 0 aliphatic heterocycles. The number of carbonyl (C=O) groups is 2. The Balaban J connectivity index is 1.69. The molecule has 1 aliphatic rings. The van der Waals surface area contributed by atoms with E-state index in [-0.39, 0.29) is 17.9 Å². The van der Waals surface area contributed by atoms with E-state index >= 15 is 0 Å². The van der Waals surface area contributed by atoms with Gasteiger partial charge in [0.2, 0.25) is 11.8 Å². The third-order valence-corrected chi connectivity index (χ3v) is 4.91. The van der Waals surface area contributed by atoms with Crippen molar-refractivity contribution >= 4 is 17.5 Å². The largest absolute Gasteiger partial charge is 0.349 e. The summed E-state index contributed by atoms with van der Waals surface area (Å²) in [6.07, 6.45) is 2.03. The minimum atomic E-state index is -0.927. The summed E-state index contributed by atoms with van der Waals surface area (Å²) >= 11 is 0. The Bertz CT molecular complexity index is 766. The van der Waals surface area contributed by atoms with Gasteiger partial charge in [-0.3, -0.25) is 9.59 Å². The van der Waals surface area contributed by atoms with Gasteiger partial charge in [-0.2, -0.15) is 0 Å². The molecule has 4 heteroatoms. The first kappa shape index (κ1) is 17.2. The lowest BCUT2D eigenvalue weighted by atomic mass is 10.0. The number of nitrogens with one attached hydrogen (secondary N) is 2. The van der Waals surface area contributed by atoms with Crippen LogP contribution in [0.1, 0.15) is 43.9 Å². The Hall–Kier alpha value is -2.62. The van der Waals surface area contributed by atoms with Crippen molar-refractivity contribution in [3.63, 3.8) is 0 Å². The van der Waals surface area contributed by atoms with E-state index in [1.165, 1.54) is 0 Å². The zero-order valence-electron chi connectivity index (χ0n) is 14.7. The number of hydrogen-bond acceptors (Lipinski definition) is 2. The lowest BCUT2D eigenvalue weighted by Gasteiger charge is -2.20. The second kappa shape index (κ2) is 7.09.